The van der Waals surface area contributed by atoms with Gasteiger partial charge in [0.05, 0.1) is 6.54 Å². The van der Waals surface area contributed by atoms with E-state index in [2.05, 4.69) is 5.10 Å². The number of alkyl halides is 10. The van der Waals surface area contributed by atoms with Gasteiger partial charge in [0.2, 0.25) is 0 Å². The molecule has 0 aliphatic rings. The van der Waals surface area contributed by atoms with Gasteiger partial charge in [0, 0.05) is 5.69 Å². The number of benzene rings is 1. The molecule has 1 aromatic carbocycles. The normalized spacial score (nSPS) is 13.8. The van der Waals surface area contributed by atoms with Crippen LogP contribution in [0.15, 0.2) is 18.2 Å². The van der Waals surface area contributed by atoms with Crippen molar-refractivity contribution in [3.05, 3.63) is 46.3 Å². The molecule has 0 unspecified atom stereocenters. The Balaban J connectivity index is 2.67. The Labute approximate surface area is 157 Å². The summed E-state index contributed by atoms with van der Waals surface area (Å²) in [5.74, 6) is -11.5. The highest BCUT2D eigenvalue weighted by Gasteiger charge is 2.64. The van der Waals surface area contributed by atoms with Gasteiger partial charge in [-0.3, -0.25) is 4.68 Å². The monoisotopic (exact) mass is 437 g/mol. The molecule has 29 heavy (non-hydrogen) atoms. The Kier molecular flexibility index (Phi) is 5.35. The molecule has 1 heterocycles. The van der Waals surface area contributed by atoms with Crippen molar-refractivity contribution in [2.24, 2.45) is 0 Å². The van der Waals surface area contributed by atoms with Gasteiger partial charge < -0.3 is 5.73 Å². The molecule has 0 saturated carbocycles. The number of anilines is 1. The van der Waals surface area contributed by atoms with Crippen molar-refractivity contribution in [3.8, 4) is 0 Å². The molecule has 0 aliphatic heterocycles. The maximum Gasteiger partial charge on any atom is 0.459 e. The summed E-state index contributed by atoms with van der Waals surface area (Å²) < 4.78 is 130. The second kappa shape index (κ2) is 6.80. The lowest BCUT2D eigenvalue weighted by Crippen LogP contribution is -2.36. The predicted octanol–water partition coefficient (Wildman–Crippen LogP) is 5.44. The van der Waals surface area contributed by atoms with Gasteiger partial charge in [-0.15, -0.1) is 0 Å². The van der Waals surface area contributed by atoms with E-state index in [-0.39, 0.29) is 10.2 Å². The number of nitrogen functional groups attached to an aromatic ring is 1. The van der Waals surface area contributed by atoms with Gasteiger partial charge in [0.1, 0.15) is 11.4 Å². The van der Waals surface area contributed by atoms with E-state index in [1.165, 1.54) is 26.0 Å². The minimum absolute atomic E-state index is 0.0263. The number of nitrogens with zero attached hydrogens (tertiary/aromatic N) is 2. The van der Waals surface area contributed by atoms with Gasteiger partial charge in [-0.2, -0.15) is 49.0 Å². The van der Waals surface area contributed by atoms with E-state index in [4.69, 9.17) is 5.73 Å². The summed E-state index contributed by atoms with van der Waals surface area (Å²) in [6, 6.07) is 1.94. The third-order valence-electron chi connectivity index (χ3n) is 4.12. The van der Waals surface area contributed by atoms with Gasteiger partial charge in [-0.25, -0.2) is 0 Å². The van der Waals surface area contributed by atoms with Crippen molar-refractivity contribution in [1.82, 2.24) is 9.78 Å². The van der Waals surface area contributed by atoms with Gasteiger partial charge in [0.15, 0.2) is 0 Å². The molecule has 13 heteroatoms. The Morgan fingerprint density at radius 2 is 1.24 bits per heavy atom. The molecule has 2 aromatic rings. The Hall–Kier alpha value is -2.47. The highest BCUT2D eigenvalue weighted by atomic mass is 19.4. The molecular weight excluding hydrogens is 424 g/mol. The van der Waals surface area contributed by atoms with Crippen LogP contribution in [0.5, 0.6) is 0 Å². The molecule has 2 rings (SSSR count). The van der Waals surface area contributed by atoms with Crippen LogP contribution in [-0.4, -0.2) is 22.1 Å². The average molecular weight is 437 g/mol. The van der Waals surface area contributed by atoms with E-state index in [9.17, 15) is 43.9 Å². The third kappa shape index (κ3) is 3.99. The maximum atomic E-state index is 13.8. The first-order chi connectivity index (χ1) is 12.9. The van der Waals surface area contributed by atoms with Crippen LogP contribution in [0.2, 0.25) is 0 Å². The first kappa shape index (κ1) is 22.8. The van der Waals surface area contributed by atoms with Crippen LogP contribution in [0, 0.1) is 13.8 Å². The summed E-state index contributed by atoms with van der Waals surface area (Å²) >= 11 is 0. The van der Waals surface area contributed by atoms with Gasteiger partial charge >= 0.3 is 24.2 Å². The highest BCUT2D eigenvalue weighted by molar-refractivity contribution is 5.54. The first-order valence-corrected chi connectivity index (χ1v) is 7.73. The third-order valence-corrected chi connectivity index (χ3v) is 4.12. The van der Waals surface area contributed by atoms with Crippen molar-refractivity contribution in [2.75, 3.05) is 5.73 Å². The highest BCUT2D eigenvalue weighted by Crippen LogP contribution is 2.48. The molecule has 0 amide bonds. The average Bonchev–Trinajstić information content (AvgIpc) is 2.95. The SMILES string of the molecule is Cc1cc(Cn2nc(C(F)(F)C(F)(F)F)cc2C(F)(F)C(F)(F)F)cc(C)c1N. The number of aromatic nitrogens is 2. The van der Waals surface area contributed by atoms with Crippen LogP contribution >= 0.6 is 0 Å². The summed E-state index contributed by atoms with van der Waals surface area (Å²) in [5, 5.41) is 2.74. The fraction of sp³-hybridized carbons (Fsp3) is 0.438. The number of halogens is 10. The van der Waals surface area contributed by atoms with Gasteiger partial charge in [-0.1, -0.05) is 12.1 Å². The summed E-state index contributed by atoms with van der Waals surface area (Å²) in [4.78, 5) is 0. The van der Waals surface area contributed by atoms with Crippen LogP contribution in [-0.2, 0) is 18.4 Å². The predicted molar refractivity (Wildman–Crippen MR) is 81.6 cm³/mol. The minimum atomic E-state index is -6.25. The molecule has 0 bridgehead atoms. The Morgan fingerprint density at radius 3 is 1.66 bits per heavy atom. The summed E-state index contributed by atoms with van der Waals surface area (Å²) in [7, 11) is 0. The number of rotatable bonds is 4. The molecule has 2 N–H and O–H groups in total. The van der Waals surface area contributed by atoms with E-state index >= 15 is 0 Å². The lowest BCUT2D eigenvalue weighted by molar-refractivity contribution is -0.292. The first-order valence-electron chi connectivity index (χ1n) is 7.73. The molecule has 0 atom stereocenters. The molecule has 0 spiro atoms. The quantitative estimate of drug-likeness (QED) is 0.512. The number of aryl methyl sites for hydroxylation is 2. The van der Waals surface area contributed by atoms with Crippen LogP contribution in [0.1, 0.15) is 28.1 Å². The zero-order valence-corrected chi connectivity index (χ0v) is 14.7. The van der Waals surface area contributed by atoms with Gasteiger partial charge in [0.25, 0.3) is 0 Å². The van der Waals surface area contributed by atoms with Crippen molar-refractivity contribution >= 4 is 5.69 Å². The molecule has 0 fully saturated rings. The molecule has 0 saturated heterocycles. The summed E-state index contributed by atoms with van der Waals surface area (Å²) in [6.07, 6.45) is -12.5. The smallest absolute Gasteiger partial charge is 0.398 e. The maximum absolute atomic E-state index is 13.8. The summed E-state index contributed by atoms with van der Waals surface area (Å²) in [6.45, 7) is 2.06. The minimum Gasteiger partial charge on any atom is -0.398 e. The van der Waals surface area contributed by atoms with Gasteiger partial charge in [-0.05, 0) is 36.6 Å². The van der Waals surface area contributed by atoms with Crippen LogP contribution in [0.3, 0.4) is 0 Å². The largest absolute Gasteiger partial charge is 0.459 e. The Bertz CT molecular complexity index is 886. The topological polar surface area (TPSA) is 43.8 Å². The van der Waals surface area contributed by atoms with E-state index in [1.54, 1.807) is 0 Å². The lowest BCUT2D eigenvalue weighted by Gasteiger charge is -2.21. The number of hydrogen-bond donors (Lipinski definition) is 1. The van der Waals surface area contributed by atoms with Crippen molar-refractivity contribution in [3.63, 3.8) is 0 Å². The van der Waals surface area contributed by atoms with Crippen LogP contribution in [0.4, 0.5) is 49.6 Å². The molecule has 1 aromatic heterocycles. The molecular formula is C16H13F10N3. The lowest BCUT2D eigenvalue weighted by atomic mass is 10.0. The van der Waals surface area contributed by atoms with E-state index < -0.39 is 48.2 Å². The van der Waals surface area contributed by atoms with Crippen molar-refractivity contribution in [1.29, 1.82) is 0 Å². The molecule has 0 radical (unpaired) electrons. The molecule has 0 aliphatic carbocycles. The summed E-state index contributed by atoms with van der Waals surface area (Å²) in [5.41, 5.74) is 2.40. The second-order valence-electron chi connectivity index (χ2n) is 6.36. The van der Waals surface area contributed by atoms with Crippen molar-refractivity contribution in [2.45, 2.75) is 44.6 Å². The zero-order valence-electron chi connectivity index (χ0n) is 14.7. The van der Waals surface area contributed by atoms with E-state index in [1.807, 2.05) is 0 Å². The van der Waals surface area contributed by atoms with E-state index in [0.717, 1.165) is 0 Å². The van der Waals surface area contributed by atoms with Crippen LogP contribution < -0.4 is 5.73 Å². The second-order valence-corrected chi connectivity index (χ2v) is 6.36. The molecule has 3 nitrogen and oxygen atoms in total. The fourth-order valence-corrected chi connectivity index (χ4v) is 2.56. The number of hydrogen-bond acceptors (Lipinski definition) is 2. The fourth-order valence-electron chi connectivity index (χ4n) is 2.56. The molecule has 162 valence electrons. The van der Waals surface area contributed by atoms with E-state index in [0.29, 0.717) is 16.8 Å². The zero-order chi connectivity index (χ0) is 22.6. The van der Waals surface area contributed by atoms with Crippen molar-refractivity contribution < 1.29 is 43.9 Å². The Morgan fingerprint density at radius 1 is 0.793 bits per heavy atom. The standard InChI is InChI=1S/C16H13F10N3/c1-7-3-9(4-8(2)12(7)27)6-29-11(14(19,20)16(24,25)26)5-10(28-29)13(17,18)15(21,22)23/h3-5H,6,27H2,1-2H3. The number of nitrogens with two attached hydrogens (primary N) is 1. The van der Waals surface area contributed by atoms with Crippen LogP contribution in [0.25, 0.3) is 0 Å².